The molecule has 0 aliphatic heterocycles. The SMILES string of the molecule is c1csc(CN(CCCNC2CCCC2)C2CC2)c1. The van der Waals surface area contributed by atoms with Crippen molar-refractivity contribution in [2.75, 3.05) is 13.1 Å². The van der Waals surface area contributed by atoms with Crippen LogP contribution in [-0.2, 0) is 6.54 Å². The maximum atomic E-state index is 3.73. The molecule has 0 spiro atoms. The molecule has 0 saturated heterocycles. The molecule has 3 rings (SSSR count). The van der Waals surface area contributed by atoms with Crippen molar-refractivity contribution in [3.05, 3.63) is 22.4 Å². The van der Waals surface area contributed by atoms with Crippen LogP contribution in [0.2, 0.25) is 0 Å². The fourth-order valence-electron chi connectivity index (χ4n) is 3.15. The number of hydrogen-bond acceptors (Lipinski definition) is 3. The lowest BCUT2D eigenvalue weighted by Gasteiger charge is -2.22. The first-order chi connectivity index (χ1) is 9.42. The molecule has 106 valence electrons. The van der Waals surface area contributed by atoms with Gasteiger partial charge in [-0.3, -0.25) is 4.90 Å². The molecular weight excluding hydrogens is 252 g/mol. The monoisotopic (exact) mass is 278 g/mol. The largest absolute Gasteiger partial charge is 0.314 e. The van der Waals surface area contributed by atoms with Gasteiger partial charge in [-0.05, 0) is 50.1 Å². The van der Waals surface area contributed by atoms with Gasteiger partial charge in [-0.15, -0.1) is 11.3 Å². The third kappa shape index (κ3) is 4.30. The summed E-state index contributed by atoms with van der Waals surface area (Å²) in [6.07, 6.45) is 9.82. The summed E-state index contributed by atoms with van der Waals surface area (Å²) in [6.45, 7) is 3.65. The molecule has 2 aliphatic carbocycles. The summed E-state index contributed by atoms with van der Waals surface area (Å²) in [7, 11) is 0. The average Bonchev–Trinajstić information content (AvgIpc) is 2.92. The van der Waals surface area contributed by atoms with Crippen LogP contribution in [0.1, 0.15) is 49.8 Å². The van der Waals surface area contributed by atoms with Crippen molar-refractivity contribution in [1.82, 2.24) is 10.2 Å². The summed E-state index contributed by atoms with van der Waals surface area (Å²) in [5.74, 6) is 0. The highest BCUT2D eigenvalue weighted by molar-refractivity contribution is 7.09. The van der Waals surface area contributed by atoms with E-state index >= 15 is 0 Å². The van der Waals surface area contributed by atoms with E-state index in [1.54, 1.807) is 0 Å². The van der Waals surface area contributed by atoms with Crippen LogP contribution in [0.15, 0.2) is 17.5 Å². The minimum Gasteiger partial charge on any atom is -0.314 e. The van der Waals surface area contributed by atoms with Crippen molar-refractivity contribution in [2.24, 2.45) is 0 Å². The van der Waals surface area contributed by atoms with E-state index in [9.17, 15) is 0 Å². The van der Waals surface area contributed by atoms with Gasteiger partial charge in [-0.2, -0.15) is 0 Å². The van der Waals surface area contributed by atoms with Crippen molar-refractivity contribution in [1.29, 1.82) is 0 Å². The van der Waals surface area contributed by atoms with E-state index in [1.165, 1.54) is 69.5 Å². The minimum absolute atomic E-state index is 0.826. The van der Waals surface area contributed by atoms with Crippen molar-refractivity contribution >= 4 is 11.3 Å². The van der Waals surface area contributed by atoms with E-state index in [2.05, 4.69) is 27.7 Å². The molecule has 2 fully saturated rings. The summed E-state index contributed by atoms with van der Waals surface area (Å²) < 4.78 is 0. The molecule has 0 amide bonds. The standard InChI is InChI=1S/C16H26N2S/c1-2-6-14(5-1)17-10-4-11-18(15-8-9-15)13-16-7-3-12-19-16/h3,7,12,14-15,17H,1-2,4-6,8-11,13H2. The zero-order valence-electron chi connectivity index (χ0n) is 11.8. The molecule has 1 aromatic heterocycles. The topological polar surface area (TPSA) is 15.3 Å². The van der Waals surface area contributed by atoms with Gasteiger partial charge in [0, 0.05) is 30.1 Å². The summed E-state index contributed by atoms with van der Waals surface area (Å²) in [4.78, 5) is 4.22. The molecular formula is C16H26N2S. The van der Waals surface area contributed by atoms with E-state index in [0.29, 0.717) is 0 Å². The Labute approximate surface area is 121 Å². The number of thiophene rings is 1. The Bertz CT molecular complexity index is 353. The Kier molecular flexibility index (Phi) is 4.91. The van der Waals surface area contributed by atoms with Gasteiger partial charge >= 0.3 is 0 Å². The van der Waals surface area contributed by atoms with Gasteiger partial charge in [0.1, 0.15) is 0 Å². The molecule has 0 bridgehead atoms. The molecule has 2 saturated carbocycles. The molecule has 1 N–H and O–H groups in total. The molecule has 2 nitrogen and oxygen atoms in total. The normalized spacial score (nSPS) is 20.5. The van der Waals surface area contributed by atoms with E-state index in [-0.39, 0.29) is 0 Å². The van der Waals surface area contributed by atoms with Gasteiger partial charge < -0.3 is 5.32 Å². The minimum atomic E-state index is 0.826. The summed E-state index contributed by atoms with van der Waals surface area (Å²) >= 11 is 1.90. The second-order valence-electron chi connectivity index (χ2n) is 6.07. The highest BCUT2D eigenvalue weighted by atomic mass is 32.1. The van der Waals surface area contributed by atoms with E-state index in [4.69, 9.17) is 0 Å². The quantitative estimate of drug-likeness (QED) is 0.730. The fraction of sp³-hybridized carbons (Fsp3) is 0.750. The van der Waals surface area contributed by atoms with Crippen LogP contribution in [0.4, 0.5) is 0 Å². The maximum absolute atomic E-state index is 3.73. The predicted octanol–water partition coefficient (Wildman–Crippen LogP) is 3.63. The number of nitrogens with zero attached hydrogens (tertiary/aromatic N) is 1. The first kappa shape index (κ1) is 13.6. The molecule has 0 atom stereocenters. The van der Waals surface area contributed by atoms with E-state index in [1.807, 2.05) is 11.3 Å². The lowest BCUT2D eigenvalue weighted by atomic mass is 10.2. The second-order valence-corrected chi connectivity index (χ2v) is 7.10. The van der Waals surface area contributed by atoms with Gasteiger partial charge in [0.2, 0.25) is 0 Å². The molecule has 0 unspecified atom stereocenters. The van der Waals surface area contributed by atoms with Gasteiger partial charge in [-0.25, -0.2) is 0 Å². The molecule has 19 heavy (non-hydrogen) atoms. The Morgan fingerprint density at radius 2 is 2.05 bits per heavy atom. The number of hydrogen-bond donors (Lipinski definition) is 1. The van der Waals surface area contributed by atoms with Gasteiger partial charge in [-0.1, -0.05) is 18.9 Å². The number of rotatable bonds is 8. The lowest BCUT2D eigenvalue weighted by Crippen LogP contribution is -2.32. The third-order valence-corrected chi connectivity index (χ3v) is 5.27. The van der Waals surface area contributed by atoms with Crippen LogP contribution in [0, 0.1) is 0 Å². The second kappa shape index (κ2) is 6.87. The molecule has 1 aromatic rings. The lowest BCUT2D eigenvalue weighted by molar-refractivity contribution is 0.251. The molecule has 0 aromatic carbocycles. The summed E-state index contributed by atoms with van der Waals surface area (Å²) in [5.41, 5.74) is 0. The Hall–Kier alpha value is -0.380. The van der Waals surface area contributed by atoms with Crippen molar-refractivity contribution in [3.63, 3.8) is 0 Å². The molecule has 2 aliphatic rings. The highest BCUT2D eigenvalue weighted by Gasteiger charge is 2.28. The van der Waals surface area contributed by atoms with Crippen LogP contribution >= 0.6 is 11.3 Å². The highest BCUT2D eigenvalue weighted by Crippen LogP contribution is 2.29. The summed E-state index contributed by atoms with van der Waals surface area (Å²) in [5, 5.41) is 5.93. The van der Waals surface area contributed by atoms with Crippen LogP contribution in [0.3, 0.4) is 0 Å². The molecule has 0 radical (unpaired) electrons. The number of nitrogens with one attached hydrogen (secondary N) is 1. The Morgan fingerprint density at radius 1 is 1.21 bits per heavy atom. The third-order valence-electron chi connectivity index (χ3n) is 4.41. The van der Waals surface area contributed by atoms with Crippen molar-refractivity contribution in [3.8, 4) is 0 Å². The maximum Gasteiger partial charge on any atom is 0.0330 e. The average molecular weight is 278 g/mol. The molecule has 1 heterocycles. The summed E-state index contributed by atoms with van der Waals surface area (Å²) in [6, 6.07) is 6.16. The smallest absolute Gasteiger partial charge is 0.0330 e. The zero-order chi connectivity index (χ0) is 12.9. The van der Waals surface area contributed by atoms with E-state index in [0.717, 1.165) is 12.1 Å². The van der Waals surface area contributed by atoms with Crippen LogP contribution in [-0.4, -0.2) is 30.1 Å². The van der Waals surface area contributed by atoms with Crippen LogP contribution in [0.25, 0.3) is 0 Å². The molecule has 3 heteroatoms. The fourth-order valence-corrected chi connectivity index (χ4v) is 3.88. The van der Waals surface area contributed by atoms with Crippen LogP contribution in [0.5, 0.6) is 0 Å². The van der Waals surface area contributed by atoms with Gasteiger partial charge in [0.25, 0.3) is 0 Å². The Balaban J connectivity index is 1.36. The van der Waals surface area contributed by atoms with Gasteiger partial charge in [0.05, 0.1) is 0 Å². The first-order valence-corrected chi connectivity index (χ1v) is 8.79. The Morgan fingerprint density at radius 3 is 2.74 bits per heavy atom. The van der Waals surface area contributed by atoms with Crippen molar-refractivity contribution < 1.29 is 0 Å². The van der Waals surface area contributed by atoms with Gasteiger partial charge in [0.15, 0.2) is 0 Å². The van der Waals surface area contributed by atoms with Crippen LogP contribution < -0.4 is 5.32 Å². The van der Waals surface area contributed by atoms with Crippen molar-refractivity contribution in [2.45, 2.75) is 63.6 Å². The zero-order valence-corrected chi connectivity index (χ0v) is 12.6. The predicted molar refractivity (Wildman–Crippen MR) is 82.6 cm³/mol. The van der Waals surface area contributed by atoms with E-state index < -0.39 is 0 Å². The first-order valence-electron chi connectivity index (χ1n) is 7.91.